The Labute approximate surface area is 127 Å². The maximum Gasteiger partial charge on any atom is 0.287 e. The van der Waals surface area contributed by atoms with Crippen LogP contribution in [-0.2, 0) is 13.0 Å². The van der Waals surface area contributed by atoms with Gasteiger partial charge in [-0.1, -0.05) is 0 Å². The van der Waals surface area contributed by atoms with Gasteiger partial charge >= 0.3 is 0 Å². The fourth-order valence-electron chi connectivity index (χ4n) is 2.76. The first-order chi connectivity index (χ1) is 10.5. The Kier molecular flexibility index (Phi) is 3.70. The van der Waals surface area contributed by atoms with Crippen LogP contribution in [0.25, 0.3) is 0 Å². The number of carbonyl (C=O) groups excluding carboxylic acids is 2. The lowest BCUT2D eigenvalue weighted by atomic mass is 9.94. The number of rotatable bonds is 4. The second kappa shape index (κ2) is 5.67. The van der Waals surface area contributed by atoms with E-state index in [-0.39, 0.29) is 11.8 Å². The van der Waals surface area contributed by atoms with Gasteiger partial charge in [0.25, 0.3) is 11.8 Å². The van der Waals surface area contributed by atoms with Crippen LogP contribution >= 0.6 is 0 Å². The van der Waals surface area contributed by atoms with Crippen LogP contribution in [0.2, 0.25) is 0 Å². The SMILES string of the molecule is Cc1ccc(C(=O)NC[C@H]2CCn3ncc(C(N)=O)c3C2)o1. The Hall–Kier alpha value is -2.57. The van der Waals surface area contributed by atoms with Crippen molar-refractivity contribution in [3.63, 3.8) is 0 Å². The number of carbonyl (C=O) groups is 2. The number of amides is 2. The van der Waals surface area contributed by atoms with Gasteiger partial charge in [-0.25, -0.2) is 0 Å². The molecule has 1 aliphatic rings. The van der Waals surface area contributed by atoms with Crippen LogP contribution in [0, 0.1) is 12.8 Å². The van der Waals surface area contributed by atoms with Crippen molar-refractivity contribution in [3.8, 4) is 0 Å². The molecule has 1 atom stereocenters. The van der Waals surface area contributed by atoms with E-state index in [4.69, 9.17) is 10.2 Å². The summed E-state index contributed by atoms with van der Waals surface area (Å²) in [6.45, 7) is 3.05. The lowest BCUT2D eigenvalue weighted by Gasteiger charge is -2.24. The predicted molar refractivity (Wildman–Crippen MR) is 78.3 cm³/mol. The quantitative estimate of drug-likeness (QED) is 0.874. The van der Waals surface area contributed by atoms with E-state index in [0.29, 0.717) is 30.0 Å². The summed E-state index contributed by atoms with van der Waals surface area (Å²) in [7, 11) is 0. The highest BCUT2D eigenvalue weighted by molar-refractivity contribution is 5.93. The summed E-state index contributed by atoms with van der Waals surface area (Å²) in [6, 6.07) is 3.42. The average molecular weight is 302 g/mol. The third kappa shape index (κ3) is 2.74. The van der Waals surface area contributed by atoms with Crippen LogP contribution in [0.1, 0.15) is 38.8 Å². The summed E-state index contributed by atoms with van der Waals surface area (Å²) >= 11 is 0. The van der Waals surface area contributed by atoms with Crippen molar-refractivity contribution in [3.05, 3.63) is 41.1 Å². The normalized spacial score (nSPS) is 17.0. The number of fused-ring (bicyclic) bond motifs is 1. The molecular formula is C15H18N4O3. The van der Waals surface area contributed by atoms with Gasteiger partial charge in [-0.15, -0.1) is 0 Å². The maximum atomic E-state index is 12.0. The smallest absolute Gasteiger partial charge is 0.287 e. The van der Waals surface area contributed by atoms with Gasteiger partial charge in [0.15, 0.2) is 5.76 Å². The van der Waals surface area contributed by atoms with E-state index in [9.17, 15) is 9.59 Å². The first-order valence-electron chi connectivity index (χ1n) is 7.23. The number of hydrogen-bond acceptors (Lipinski definition) is 4. The summed E-state index contributed by atoms with van der Waals surface area (Å²) in [5.74, 6) is 0.593. The molecule has 3 heterocycles. The zero-order valence-electron chi connectivity index (χ0n) is 12.3. The second-order valence-corrected chi connectivity index (χ2v) is 5.57. The molecule has 2 amide bonds. The van der Waals surface area contributed by atoms with Gasteiger partial charge in [-0.3, -0.25) is 14.3 Å². The van der Waals surface area contributed by atoms with E-state index < -0.39 is 5.91 Å². The largest absolute Gasteiger partial charge is 0.456 e. The van der Waals surface area contributed by atoms with Crippen molar-refractivity contribution in [1.29, 1.82) is 0 Å². The molecule has 0 aromatic carbocycles. The summed E-state index contributed by atoms with van der Waals surface area (Å²) < 4.78 is 7.11. The Bertz CT molecular complexity index is 716. The molecule has 1 aliphatic heterocycles. The Morgan fingerprint density at radius 1 is 1.50 bits per heavy atom. The lowest BCUT2D eigenvalue weighted by molar-refractivity contribution is 0.0913. The number of hydrogen-bond donors (Lipinski definition) is 2. The number of nitrogens with one attached hydrogen (secondary N) is 1. The molecule has 7 heteroatoms. The topological polar surface area (TPSA) is 103 Å². The van der Waals surface area contributed by atoms with Crippen molar-refractivity contribution >= 4 is 11.8 Å². The van der Waals surface area contributed by atoms with Crippen LogP contribution in [0.4, 0.5) is 0 Å². The molecule has 0 aliphatic carbocycles. The summed E-state index contributed by atoms with van der Waals surface area (Å²) in [5.41, 5.74) is 6.68. The van der Waals surface area contributed by atoms with Gasteiger partial charge in [0.1, 0.15) is 5.76 Å². The maximum absolute atomic E-state index is 12.0. The number of primary amides is 1. The minimum absolute atomic E-state index is 0.220. The summed E-state index contributed by atoms with van der Waals surface area (Å²) in [6.07, 6.45) is 3.09. The molecule has 0 saturated heterocycles. The van der Waals surface area contributed by atoms with Crippen LogP contribution in [0.3, 0.4) is 0 Å². The van der Waals surface area contributed by atoms with Crippen molar-refractivity contribution in [2.24, 2.45) is 11.7 Å². The Balaban J connectivity index is 1.62. The third-order valence-electron chi connectivity index (χ3n) is 3.96. The molecule has 2 aromatic rings. The highest BCUT2D eigenvalue weighted by Crippen LogP contribution is 2.22. The zero-order valence-corrected chi connectivity index (χ0v) is 12.3. The van der Waals surface area contributed by atoms with Crippen molar-refractivity contribution in [1.82, 2.24) is 15.1 Å². The minimum atomic E-state index is -0.461. The monoisotopic (exact) mass is 302 g/mol. The zero-order chi connectivity index (χ0) is 15.7. The molecule has 2 aromatic heterocycles. The van der Waals surface area contributed by atoms with E-state index in [2.05, 4.69) is 10.4 Å². The van der Waals surface area contributed by atoms with Gasteiger partial charge in [0.2, 0.25) is 0 Å². The summed E-state index contributed by atoms with van der Waals surface area (Å²) in [4.78, 5) is 23.4. The first-order valence-corrected chi connectivity index (χ1v) is 7.23. The highest BCUT2D eigenvalue weighted by Gasteiger charge is 2.24. The molecule has 116 valence electrons. The number of furan rings is 1. The molecule has 0 bridgehead atoms. The highest BCUT2D eigenvalue weighted by atomic mass is 16.3. The fourth-order valence-corrected chi connectivity index (χ4v) is 2.76. The van der Waals surface area contributed by atoms with Gasteiger partial charge in [0, 0.05) is 13.1 Å². The van der Waals surface area contributed by atoms with Crippen LogP contribution in [0.5, 0.6) is 0 Å². The van der Waals surface area contributed by atoms with E-state index >= 15 is 0 Å². The molecule has 0 radical (unpaired) electrons. The molecule has 22 heavy (non-hydrogen) atoms. The van der Waals surface area contributed by atoms with Gasteiger partial charge in [0.05, 0.1) is 17.5 Å². The summed E-state index contributed by atoms with van der Waals surface area (Å²) in [5, 5.41) is 7.05. The minimum Gasteiger partial charge on any atom is -0.456 e. The molecule has 0 unspecified atom stereocenters. The van der Waals surface area contributed by atoms with Crippen molar-refractivity contribution in [2.45, 2.75) is 26.3 Å². The molecule has 7 nitrogen and oxygen atoms in total. The lowest BCUT2D eigenvalue weighted by Crippen LogP contribution is -2.33. The molecule has 0 spiro atoms. The number of aromatic nitrogens is 2. The van der Waals surface area contributed by atoms with Gasteiger partial charge < -0.3 is 15.5 Å². The molecule has 3 N–H and O–H groups in total. The van der Waals surface area contributed by atoms with E-state index in [0.717, 1.165) is 18.7 Å². The molecule has 3 rings (SSSR count). The Morgan fingerprint density at radius 3 is 3.00 bits per heavy atom. The molecule has 0 fully saturated rings. The average Bonchev–Trinajstić information content (AvgIpc) is 3.10. The van der Waals surface area contributed by atoms with Crippen LogP contribution in [0.15, 0.2) is 22.7 Å². The van der Waals surface area contributed by atoms with Gasteiger partial charge in [-0.2, -0.15) is 5.10 Å². The third-order valence-corrected chi connectivity index (χ3v) is 3.96. The Morgan fingerprint density at radius 2 is 2.32 bits per heavy atom. The van der Waals surface area contributed by atoms with Crippen LogP contribution < -0.4 is 11.1 Å². The fraction of sp³-hybridized carbons (Fsp3) is 0.400. The van der Waals surface area contributed by atoms with Crippen LogP contribution in [-0.4, -0.2) is 28.1 Å². The number of aryl methyl sites for hydroxylation is 2. The first kappa shape index (κ1) is 14.4. The van der Waals surface area contributed by atoms with E-state index in [1.807, 2.05) is 4.68 Å². The van der Waals surface area contributed by atoms with Gasteiger partial charge in [-0.05, 0) is 37.8 Å². The predicted octanol–water partition coefficient (Wildman–Crippen LogP) is 0.876. The van der Waals surface area contributed by atoms with E-state index in [1.165, 1.54) is 6.20 Å². The number of nitrogens with two attached hydrogens (primary N) is 1. The standard InChI is InChI=1S/C15H18N4O3/c1-9-2-3-13(22-9)15(21)17-7-10-4-5-19-12(6-10)11(8-18-19)14(16)20/h2-3,8,10H,4-7H2,1H3,(H2,16,20)(H,17,21)/t10-/m0/s1. The number of nitrogens with zero attached hydrogens (tertiary/aromatic N) is 2. The van der Waals surface area contributed by atoms with Crippen molar-refractivity contribution in [2.75, 3.05) is 6.54 Å². The molecular weight excluding hydrogens is 284 g/mol. The second-order valence-electron chi connectivity index (χ2n) is 5.57. The van der Waals surface area contributed by atoms with E-state index in [1.54, 1.807) is 19.1 Å². The van der Waals surface area contributed by atoms with Crippen molar-refractivity contribution < 1.29 is 14.0 Å². The molecule has 0 saturated carbocycles.